The van der Waals surface area contributed by atoms with Gasteiger partial charge in [-0.3, -0.25) is 19.7 Å². The van der Waals surface area contributed by atoms with Crippen molar-refractivity contribution in [2.45, 2.75) is 19.5 Å². The number of aliphatic hydroxyl groups is 1. The molecular formula is C24H20N2O7. The highest BCUT2D eigenvalue weighted by Crippen LogP contribution is 2.40. The van der Waals surface area contributed by atoms with Gasteiger partial charge in [0.1, 0.15) is 23.3 Å². The number of benzene rings is 2. The average molecular weight is 448 g/mol. The summed E-state index contributed by atoms with van der Waals surface area (Å²) in [6.45, 7) is 2.42. The van der Waals surface area contributed by atoms with Gasteiger partial charge in [0.05, 0.1) is 23.4 Å². The van der Waals surface area contributed by atoms with Crippen molar-refractivity contribution < 1.29 is 28.8 Å². The molecule has 1 fully saturated rings. The fourth-order valence-electron chi connectivity index (χ4n) is 3.78. The Morgan fingerprint density at radius 3 is 2.55 bits per heavy atom. The molecule has 1 aliphatic heterocycles. The molecule has 168 valence electrons. The fraction of sp³-hybridized carbons (Fsp3) is 0.167. The maximum absolute atomic E-state index is 13.0. The predicted molar refractivity (Wildman–Crippen MR) is 117 cm³/mol. The lowest BCUT2D eigenvalue weighted by Gasteiger charge is -2.23. The molecule has 4 rings (SSSR count). The van der Waals surface area contributed by atoms with Crippen LogP contribution >= 0.6 is 0 Å². The van der Waals surface area contributed by atoms with Gasteiger partial charge in [0.2, 0.25) is 0 Å². The summed E-state index contributed by atoms with van der Waals surface area (Å²) < 4.78 is 11.0. The van der Waals surface area contributed by atoms with Gasteiger partial charge >= 0.3 is 0 Å². The summed E-state index contributed by atoms with van der Waals surface area (Å²) >= 11 is 0. The number of likely N-dealkylation sites (tertiary alicyclic amines) is 1. The van der Waals surface area contributed by atoms with E-state index >= 15 is 0 Å². The van der Waals surface area contributed by atoms with E-state index in [1.54, 1.807) is 36.4 Å². The number of ether oxygens (including phenoxy) is 1. The topological polar surface area (TPSA) is 123 Å². The molecule has 1 unspecified atom stereocenters. The van der Waals surface area contributed by atoms with Crippen molar-refractivity contribution in [1.29, 1.82) is 0 Å². The van der Waals surface area contributed by atoms with Crippen molar-refractivity contribution in [3.05, 3.63) is 99.5 Å². The molecule has 33 heavy (non-hydrogen) atoms. The van der Waals surface area contributed by atoms with Gasteiger partial charge in [-0.1, -0.05) is 12.1 Å². The summed E-state index contributed by atoms with van der Waals surface area (Å²) in [5, 5.41) is 21.9. The number of furan rings is 1. The van der Waals surface area contributed by atoms with E-state index in [9.17, 15) is 24.8 Å². The summed E-state index contributed by atoms with van der Waals surface area (Å²) in [5.41, 5.74) is 0.594. The van der Waals surface area contributed by atoms with Crippen LogP contribution in [0.4, 0.5) is 5.69 Å². The first-order valence-electron chi connectivity index (χ1n) is 10.2. The molecule has 0 aliphatic carbocycles. The van der Waals surface area contributed by atoms with Gasteiger partial charge in [-0.25, -0.2) is 0 Å². The van der Waals surface area contributed by atoms with E-state index in [2.05, 4.69) is 0 Å². The zero-order chi connectivity index (χ0) is 23.5. The van der Waals surface area contributed by atoms with Gasteiger partial charge < -0.3 is 19.2 Å². The summed E-state index contributed by atoms with van der Waals surface area (Å²) in [7, 11) is 0. The Morgan fingerprint density at radius 2 is 1.91 bits per heavy atom. The van der Waals surface area contributed by atoms with E-state index in [4.69, 9.17) is 9.15 Å². The minimum absolute atomic E-state index is 0.0773. The Hall–Kier alpha value is -4.40. The maximum atomic E-state index is 13.0. The Morgan fingerprint density at radius 1 is 1.15 bits per heavy atom. The van der Waals surface area contributed by atoms with Crippen LogP contribution in [0.25, 0.3) is 5.76 Å². The van der Waals surface area contributed by atoms with Crippen LogP contribution in [0, 0.1) is 10.1 Å². The largest absolute Gasteiger partial charge is 0.507 e. The van der Waals surface area contributed by atoms with E-state index < -0.39 is 28.4 Å². The molecule has 0 bridgehead atoms. The third kappa shape index (κ3) is 4.20. The third-order valence-electron chi connectivity index (χ3n) is 5.27. The number of aliphatic hydroxyl groups excluding tert-OH is 1. The number of rotatable bonds is 7. The number of hydrogen-bond donors (Lipinski definition) is 1. The molecule has 3 aromatic rings. The molecule has 1 N–H and O–H groups in total. The Labute approximate surface area is 188 Å². The van der Waals surface area contributed by atoms with Crippen LogP contribution in [-0.2, 0) is 16.1 Å². The smallest absolute Gasteiger partial charge is 0.296 e. The number of carbonyl (C=O) groups is 2. The van der Waals surface area contributed by atoms with Crippen LogP contribution in [0.2, 0.25) is 0 Å². The van der Waals surface area contributed by atoms with Gasteiger partial charge in [0.25, 0.3) is 17.4 Å². The van der Waals surface area contributed by atoms with Crippen molar-refractivity contribution >= 4 is 23.1 Å². The molecule has 1 saturated heterocycles. The second-order valence-corrected chi connectivity index (χ2v) is 7.33. The number of Topliss-reactive ketones (excluding diaryl/α,β-unsaturated/α-hetero) is 1. The monoisotopic (exact) mass is 448 g/mol. The van der Waals surface area contributed by atoms with Crippen LogP contribution in [0.15, 0.2) is 76.9 Å². The number of nitrogens with zero attached hydrogens (tertiary/aromatic N) is 2. The third-order valence-corrected chi connectivity index (χ3v) is 5.27. The second kappa shape index (κ2) is 8.99. The van der Waals surface area contributed by atoms with Crippen molar-refractivity contribution in [2.24, 2.45) is 0 Å². The molecule has 0 radical (unpaired) electrons. The van der Waals surface area contributed by atoms with E-state index in [1.165, 1.54) is 35.4 Å². The van der Waals surface area contributed by atoms with Gasteiger partial charge in [-0.15, -0.1) is 0 Å². The Bertz CT molecular complexity index is 1230. The zero-order valence-electron chi connectivity index (χ0n) is 17.6. The summed E-state index contributed by atoms with van der Waals surface area (Å²) in [6, 6.07) is 14.5. The Balaban J connectivity index is 1.77. The summed E-state index contributed by atoms with van der Waals surface area (Å²) in [5.74, 6) is -1.16. The van der Waals surface area contributed by atoms with Crippen LogP contribution in [0.5, 0.6) is 5.75 Å². The number of ketones is 1. The maximum Gasteiger partial charge on any atom is 0.296 e. The molecular weight excluding hydrogens is 428 g/mol. The first-order chi connectivity index (χ1) is 15.9. The van der Waals surface area contributed by atoms with Gasteiger partial charge in [-0.2, -0.15) is 0 Å². The van der Waals surface area contributed by atoms with Crippen molar-refractivity contribution in [1.82, 2.24) is 4.90 Å². The Kier molecular flexibility index (Phi) is 5.95. The number of nitro benzene ring substituents is 1. The highest BCUT2D eigenvalue weighted by atomic mass is 16.6. The number of carbonyl (C=O) groups excluding carboxylic acids is 2. The lowest BCUT2D eigenvalue weighted by Crippen LogP contribution is -2.29. The number of amides is 1. The number of nitro groups is 1. The molecule has 9 heteroatoms. The van der Waals surface area contributed by atoms with Crippen molar-refractivity contribution in [3.8, 4) is 5.75 Å². The minimum atomic E-state index is -0.967. The lowest BCUT2D eigenvalue weighted by atomic mass is 9.99. The highest BCUT2D eigenvalue weighted by molar-refractivity contribution is 6.46. The molecule has 1 aliphatic rings. The summed E-state index contributed by atoms with van der Waals surface area (Å²) in [4.78, 5) is 37.7. The molecule has 2 heterocycles. The first kappa shape index (κ1) is 21.8. The van der Waals surface area contributed by atoms with Crippen molar-refractivity contribution in [3.63, 3.8) is 0 Å². The van der Waals surface area contributed by atoms with E-state index in [1.807, 2.05) is 6.92 Å². The molecule has 9 nitrogen and oxygen atoms in total. The van der Waals surface area contributed by atoms with E-state index in [0.717, 1.165) is 5.56 Å². The molecule has 0 saturated carbocycles. The molecule has 1 aromatic heterocycles. The lowest BCUT2D eigenvalue weighted by molar-refractivity contribution is -0.384. The standard InChI is InChI=1S/C24H20N2O7/c1-2-32-18-6-3-5-15(13-18)14-25-21(19-7-4-12-33-19)20(23(28)24(25)29)22(27)16-8-10-17(11-9-16)26(30)31/h3-13,21,27H,2,14H2,1H3/b22-20-. The van der Waals surface area contributed by atoms with Crippen molar-refractivity contribution in [2.75, 3.05) is 6.61 Å². The van der Waals surface area contributed by atoms with Gasteiger partial charge in [-0.05, 0) is 48.9 Å². The van der Waals surface area contributed by atoms with E-state index in [0.29, 0.717) is 18.1 Å². The van der Waals surface area contributed by atoms with Gasteiger partial charge in [0, 0.05) is 24.2 Å². The zero-order valence-corrected chi connectivity index (χ0v) is 17.6. The normalized spacial score (nSPS) is 17.4. The highest BCUT2D eigenvalue weighted by Gasteiger charge is 2.47. The van der Waals surface area contributed by atoms with Crippen LogP contribution in [-0.4, -0.2) is 33.2 Å². The molecule has 1 atom stereocenters. The van der Waals surface area contributed by atoms with Crippen LogP contribution in [0.3, 0.4) is 0 Å². The first-order valence-corrected chi connectivity index (χ1v) is 10.2. The van der Waals surface area contributed by atoms with Crippen LogP contribution in [0.1, 0.15) is 29.9 Å². The quantitative estimate of drug-likeness (QED) is 0.189. The average Bonchev–Trinajstić information content (AvgIpc) is 3.42. The molecule has 0 spiro atoms. The van der Waals surface area contributed by atoms with E-state index in [-0.39, 0.29) is 23.4 Å². The van der Waals surface area contributed by atoms with Gasteiger partial charge in [0.15, 0.2) is 0 Å². The SMILES string of the molecule is CCOc1cccc(CN2C(=O)C(=O)/C(=C(\O)c3ccc([N+](=O)[O-])cc3)C2c2ccco2)c1. The fourth-order valence-corrected chi connectivity index (χ4v) is 3.78. The minimum Gasteiger partial charge on any atom is -0.507 e. The van der Waals surface area contributed by atoms with Crippen LogP contribution < -0.4 is 4.74 Å². The molecule has 2 aromatic carbocycles. The number of non-ortho nitro benzene ring substituents is 1. The second-order valence-electron chi connectivity index (χ2n) is 7.33. The molecule has 1 amide bonds. The number of hydrogen-bond acceptors (Lipinski definition) is 7. The summed E-state index contributed by atoms with van der Waals surface area (Å²) in [6.07, 6.45) is 1.41. The predicted octanol–water partition coefficient (Wildman–Crippen LogP) is 4.21.